The van der Waals surface area contributed by atoms with Gasteiger partial charge in [0.15, 0.2) is 0 Å². The summed E-state index contributed by atoms with van der Waals surface area (Å²) < 4.78 is 5.08. The van der Waals surface area contributed by atoms with E-state index < -0.39 is 5.97 Å². The molecule has 0 saturated heterocycles. The molecule has 3 heteroatoms. The Hall–Kier alpha value is -1.77. The molecule has 1 aromatic rings. The topological polar surface area (TPSA) is 46.5 Å². The molecule has 0 atom stereocenters. The SMILES string of the molecule is CO/C(Cc1ccccc1)=C(\C)C(=O)O. The zero-order valence-corrected chi connectivity index (χ0v) is 8.86. The zero-order valence-electron chi connectivity index (χ0n) is 8.86. The van der Waals surface area contributed by atoms with E-state index in [-0.39, 0.29) is 5.57 Å². The molecule has 0 aromatic heterocycles. The van der Waals surface area contributed by atoms with Crippen molar-refractivity contribution >= 4 is 5.97 Å². The van der Waals surface area contributed by atoms with Crippen molar-refractivity contribution in [1.29, 1.82) is 0 Å². The van der Waals surface area contributed by atoms with E-state index in [0.29, 0.717) is 12.2 Å². The van der Waals surface area contributed by atoms with Crippen LogP contribution in [0.4, 0.5) is 0 Å². The van der Waals surface area contributed by atoms with Gasteiger partial charge in [-0.15, -0.1) is 0 Å². The number of benzene rings is 1. The van der Waals surface area contributed by atoms with Gasteiger partial charge in [-0.05, 0) is 12.5 Å². The Kier molecular flexibility index (Phi) is 3.92. The van der Waals surface area contributed by atoms with Gasteiger partial charge in [0.25, 0.3) is 0 Å². The molecule has 0 heterocycles. The Morgan fingerprint density at radius 3 is 2.40 bits per heavy atom. The summed E-state index contributed by atoms with van der Waals surface area (Å²) >= 11 is 0. The first-order chi connectivity index (χ1) is 7.15. The molecule has 80 valence electrons. The van der Waals surface area contributed by atoms with E-state index in [4.69, 9.17) is 9.84 Å². The van der Waals surface area contributed by atoms with Crippen molar-refractivity contribution < 1.29 is 14.6 Å². The number of methoxy groups -OCH3 is 1. The Labute approximate surface area is 89.0 Å². The van der Waals surface area contributed by atoms with Crippen molar-refractivity contribution in [2.75, 3.05) is 7.11 Å². The fraction of sp³-hybridized carbons (Fsp3) is 0.250. The first-order valence-electron chi connectivity index (χ1n) is 4.66. The van der Waals surface area contributed by atoms with Crippen molar-refractivity contribution in [3.8, 4) is 0 Å². The summed E-state index contributed by atoms with van der Waals surface area (Å²) in [6, 6.07) is 9.63. The minimum Gasteiger partial charge on any atom is -0.500 e. The predicted molar refractivity (Wildman–Crippen MR) is 57.5 cm³/mol. The molecule has 0 aliphatic heterocycles. The molecule has 0 radical (unpaired) electrons. The van der Waals surface area contributed by atoms with Gasteiger partial charge >= 0.3 is 5.97 Å². The number of rotatable bonds is 4. The van der Waals surface area contributed by atoms with Gasteiger partial charge in [0.05, 0.1) is 12.7 Å². The second-order valence-corrected chi connectivity index (χ2v) is 3.22. The highest BCUT2D eigenvalue weighted by Crippen LogP contribution is 2.12. The van der Waals surface area contributed by atoms with E-state index in [1.54, 1.807) is 6.92 Å². The van der Waals surface area contributed by atoms with Crippen LogP contribution in [0, 0.1) is 0 Å². The van der Waals surface area contributed by atoms with Gasteiger partial charge in [0, 0.05) is 6.42 Å². The van der Waals surface area contributed by atoms with E-state index in [2.05, 4.69) is 0 Å². The lowest BCUT2D eigenvalue weighted by atomic mass is 10.1. The fourth-order valence-electron chi connectivity index (χ4n) is 1.26. The number of aliphatic carboxylic acids is 1. The highest BCUT2D eigenvalue weighted by atomic mass is 16.5. The van der Waals surface area contributed by atoms with Gasteiger partial charge in [-0.2, -0.15) is 0 Å². The number of carboxylic acids is 1. The third-order valence-corrected chi connectivity index (χ3v) is 2.19. The van der Waals surface area contributed by atoms with Gasteiger partial charge in [-0.1, -0.05) is 30.3 Å². The Balaban J connectivity index is 2.88. The van der Waals surface area contributed by atoms with Crippen molar-refractivity contribution in [3.05, 3.63) is 47.2 Å². The van der Waals surface area contributed by atoms with Gasteiger partial charge in [-0.25, -0.2) is 4.79 Å². The predicted octanol–water partition coefficient (Wildman–Crippen LogP) is 2.23. The maximum absolute atomic E-state index is 10.8. The summed E-state index contributed by atoms with van der Waals surface area (Å²) in [6.07, 6.45) is 0.509. The van der Waals surface area contributed by atoms with Gasteiger partial charge in [0.1, 0.15) is 5.76 Å². The molecule has 15 heavy (non-hydrogen) atoms. The second kappa shape index (κ2) is 5.20. The maximum Gasteiger partial charge on any atom is 0.334 e. The normalized spacial score (nSPS) is 11.9. The molecule has 0 aliphatic carbocycles. The number of hydrogen-bond acceptors (Lipinski definition) is 2. The summed E-state index contributed by atoms with van der Waals surface area (Å²) in [5.41, 5.74) is 1.29. The summed E-state index contributed by atoms with van der Waals surface area (Å²) in [4.78, 5) is 10.8. The minimum atomic E-state index is -0.942. The summed E-state index contributed by atoms with van der Waals surface area (Å²) in [5, 5.41) is 8.82. The minimum absolute atomic E-state index is 0.251. The van der Waals surface area contributed by atoms with Crippen molar-refractivity contribution in [2.45, 2.75) is 13.3 Å². The van der Waals surface area contributed by atoms with Gasteiger partial charge < -0.3 is 9.84 Å². The molecule has 3 nitrogen and oxygen atoms in total. The largest absolute Gasteiger partial charge is 0.500 e. The van der Waals surface area contributed by atoms with Crippen LogP contribution in [0.5, 0.6) is 0 Å². The van der Waals surface area contributed by atoms with Crippen LogP contribution in [0.2, 0.25) is 0 Å². The Morgan fingerprint density at radius 2 is 1.93 bits per heavy atom. The highest BCUT2D eigenvalue weighted by molar-refractivity contribution is 5.86. The smallest absolute Gasteiger partial charge is 0.334 e. The van der Waals surface area contributed by atoms with Gasteiger partial charge in [-0.3, -0.25) is 0 Å². The van der Waals surface area contributed by atoms with Crippen LogP contribution < -0.4 is 0 Å². The first-order valence-corrected chi connectivity index (χ1v) is 4.66. The zero-order chi connectivity index (χ0) is 11.3. The number of carboxylic acid groups (broad SMARTS) is 1. The third-order valence-electron chi connectivity index (χ3n) is 2.19. The molecule has 0 aliphatic rings. The van der Waals surface area contributed by atoms with Gasteiger partial charge in [0.2, 0.25) is 0 Å². The van der Waals surface area contributed by atoms with Crippen LogP contribution in [0.1, 0.15) is 12.5 Å². The lowest BCUT2D eigenvalue weighted by molar-refractivity contribution is -0.132. The molecular formula is C12H14O3. The molecular weight excluding hydrogens is 192 g/mol. The van der Waals surface area contributed by atoms with E-state index in [9.17, 15) is 4.79 Å². The number of carbonyl (C=O) groups is 1. The summed E-state index contributed by atoms with van der Waals surface area (Å²) in [5.74, 6) is -0.448. The number of ether oxygens (including phenoxy) is 1. The average Bonchev–Trinajstić information content (AvgIpc) is 2.26. The summed E-state index contributed by atoms with van der Waals surface area (Å²) in [7, 11) is 1.49. The number of hydrogen-bond donors (Lipinski definition) is 1. The molecule has 0 fully saturated rings. The highest BCUT2D eigenvalue weighted by Gasteiger charge is 2.10. The van der Waals surface area contributed by atoms with E-state index in [1.807, 2.05) is 30.3 Å². The second-order valence-electron chi connectivity index (χ2n) is 3.22. The molecule has 0 spiro atoms. The van der Waals surface area contributed by atoms with Crippen molar-refractivity contribution in [3.63, 3.8) is 0 Å². The molecule has 1 aromatic carbocycles. The Morgan fingerprint density at radius 1 is 1.33 bits per heavy atom. The molecule has 1 N–H and O–H groups in total. The quantitative estimate of drug-likeness (QED) is 0.607. The third kappa shape index (κ3) is 3.13. The monoisotopic (exact) mass is 206 g/mol. The molecule has 0 bridgehead atoms. The van der Waals surface area contributed by atoms with E-state index in [0.717, 1.165) is 5.56 Å². The van der Waals surface area contributed by atoms with Crippen molar-refractivity contribution in [2.24, 2.45) is 0 Å². The number of allylic oxidation sites excluding steroid dienone is 1. The maximum atomic E-state index is 10.8. The summed E-state index contributed by atoms with van der Waals surface area (Å²) in [6.45, 7) is 1.55. The van der Waals surface area contributed by atoms with Crippen LogP contribution in [0.25, 0.3) is 0 Å². The average molecular weight is 206 g/mol. The van der Waals surface area contributed by atoms with Crippen molar-refractivity contribution in [1.82, 2.24) is 0 Å². The lowest BCUT2D eigenvalue weighted by Crippen LogP contribution is -2.05. The van der Waals surface area contributed by atoms with E-state index in [1.165, 1.54) is 7.11 Å². The van der Waals surface area contributed by atoms with Crippen LogP contribution in [0.3, 0.4) is 0 Å². The van der Waals surface area contributed by atoms with E-state index >= 15 is 0 Å². The fourth-order valence-corrected chi connectivity index (χ4v) is 1.26. The molecule has 0 amide bonds. The lowest BCUT2D eigenvalue weighted by Gasteiger charge is -2.08. The first kappa shape index (κ1) is 11.3. The Bertz CT molecular complexity index is 366. The standard InChI is InChI=1S/C12H14O3/c1-9(12(13)14)11(15-2)8-10-6-4-3-5-7-10/h3-7H,8H2,1-2H3,(H,13,14)/b11-9+. The molecule has 0 unspecified atom stereocenters. The molecule has 0 saturated carbocycles. The van der Waals surface area contributed by atoms with Crippen LogP contribution in [0.15, 0.2) is 41.7 Å². The van der Waals surface area contributed by atoms with Crippen LogP contribution >= 0.6 is 0 Å². The van der Waals surface area contributed by atoms with Crippen LogP contribution in [-0.2, 0) is 16.0 Å². The van der Waals surface area contributed by atoms with Crippen LogP contribution in [-0.4, -0.2) is 18.2 Å². The molecule has 1 rings (SSSR count).